The quantitative estimate of drug-likeness (QED) is 0.696. The molecule has 1 aromatic heterocycles. The summed E-state index contributed by atoms with van der Waals surface area (Å²) < 4.78 is 19.8. The van der Waals surface area contributed by atoms with Crippen molar-refractivity contribution in [3.63, 3.8) is 0 Å². The number of halogens is 1. The summed E-state index contributed by atoms with van der Waals surface area (Å²) in [5.74, 6) is 0.459. The van der Waals surface area contributed by atoms with Crippen molar-refractivity contribution in [2.75, 3.05) is 30.0 Å². The van der Waals surface area contributed by atoms with Gasteiger partial charge in [0.15, 0.2) is 0 Å². The number of anilines is 2. The Kier molecular flexibility index (Phi) is 6.43. The number of benzene rings is 1. The zero-order chi connectivity index (χ0) is 22.8. The van der Waals surface area contributed by atoms with E-state index in [1.165, 1.54) is 30.9 Å². The maximum Gasteiger partial charge on any atom is 0.262 e. The van der Waals surface area contributed by atoms with Crippen LogP contribution in [-0.2, 0) is 14.3 Å². The summed E-state index contributed by atoms with van der Waals surface area (Å²) in [4.78, 5) is 39.7. The topological polar surface area (TPSA) is 87.7 Å². The molecule has 1 aromatic carbocycles. The summed E-state index contributed by atoms with van der Waals surface area (Å²) in [5, 5.41) is 5.15. The monoisotopic (exact) mass is 443 g/mol. The van der Waals surface area contributed by atoms with Gasteiger partial charge in [0.05, 0.1) is 22.0 Å². The first-order chi connectivity index (χ1) is 14.6. The Labute approximate surface area is 183 Å². The molecule has 0 unspecified atom stereocenters. The number of nitrogens with one attached hydrogen (secondary N) is 2. The zero-order valence-electron chi connectivity index (χ0n) is 17.4. The van der Waals surface area contributed by atoms with Gasteiger partial charge in [-0.3, -0.25) is 14.4 Å². The molecule has 1 saturated heterocycles. The molecular weight excluding hydrogens is 421 g/mol. The van der Waals surface area contributed by atoms with E-state index in [-0.39, 0.29) is 18.2 Å². The predicted molar refractivity (Wildman–Crippen MR) is 117 cm³/mol. The van der Waals surface area contributed by atoms with E-state index in [0.29, 0.717) is 34.2 Å². The third-order valence-electron chi connectivity index (χ3n) is 4.78. The first-order valence-electron chi connectivity index (χ1n) is 9.51. The van der Waals surface area contributed by atoms with Crippen molar-refractivity contribution >= 4 is 40.4 Å². The number of ether oxygens (including phenoxy) is 1. The van der Waals surface area contributed by atoms with Gasteiger partial charge in [0.1, 0.15) is 18.0 Å². The van der Waals surface area contributed by atoms with Crippen molar-refractivity contribution in [3.8, 4) is 12.3 Å². The van der Waals surface area contributed by atoms with Gasteiger partial charge in [0.2, 0.25) is 5.91 Å². The molecule has 0 atom stereocenters. The van der Waals surface area contributed by atoms with E-state index < -0.39 is 23.2 Å². The Hall–Kier alpha value is -3.22. The van der Waals surface area contributed by atoms with Crippen molar-refractivity contribution in [1.82, 2.24) is 5.32 Å². The first kappa shape index (κ1) is 22.5. The lowest BCUT2D eigenvalue weighted by molar-refractivity contribution is -0.125. The maximum atomic E-state index is 14.7. The number of thiophene rings is 1. The summed E-state index contributed by atoms with van der Waals surface area (Å²) in [7, 11) is 0. The first-order valence-corrected chi connectivity index (χ1v) is 10.3. The van der Waals surface area contributed by atoms with Crippen LogP contribution in [0.1, 0.15) is 34.0 Å². The highest BCUT2D eigenvalue weighted by Crippen LogP contribution is 2.28. The van der Waals surface area contributed by atoms with Crippen LogP contribution in [0, 0.1) is 25.1 Å². The lowest BCUT2D eigenvalue weighted by Crippen LogP contribution is -2.52. The average Bonchev–Trinajstić information content (AvgIpc) is 3.20. The summed E-state index contributed by atoms with van der Waals surface area (Å²) in [6.45, 7) is 5.39. The third kappa shape index (κ3) is 4.93. The predicted octanol–water partition coefficient (Wildman–Crippen LogP) is 2.69. The second-order valence-electron chi connectivity index (χ2n) is 7.56. The maximum absolute atomic E-state index is 14.7. The standard InChI is InChI=1S/C22H22FN3O4S/c1-5-14-6-7-18(31-14)20(28)25-22(3,4)21(29)24-16-10-13(2)17(11-15(16)23)26-8-9-30-12-19(26)27/h1,6-7,10-11H,8-9,12H2,2-4H3,(H,24,29)(H,25,28). The lowest BCUT2D eigenvalue weighted by atomic mass is 10.0. The average molecular weight is 444 g/mol. The molecule has 31 heavy (non-hydrogen) atoms. The molecule has 0 radical (unpaired) electrons. The van der Waals surface area contributed by atoms with Crippen LogP contribution in [0.3, 0.4) is 0 Å². The Balaban J connectivity index is 1.74. The molecule has 162 valence electrons. The van der Waals surface area contributed by atoms with Crippen LogP contribution in [0.4, 0.5) is 15.8 Å². The molecule has 0 bridgehead atoms. The number of nitrogens with zero attached hydrogens (tertiary/aromatic N) is 1. The highest BCUT2D eigenvalue weighted by molar-refractivity contribution is 7.14. The fraction of sp³-hybridized carbons (Fsp3) is 0.318. The molecule has 3 amide bonds. The molecule has 1 aliphatic rings. The number of terminal acetylenes is 1. The van der Waals surface area contributed by atoms with Gasteiger partial charge >= 0.3 is 0 Å². The number of carbonyl (C=O) groups excluding carboxylic acids is 3. The number of hydrogen-bond donors (Lipinski definition) is 2. The number of carbonyl (C=O) groups is 3. The third-order valence-corrected chi connectivity index (χ3v) is 5.79. The summed E-state index contributed by atoms with van der Waals surface area (Å²) in [6.07, 6.45) is 5.32. The Morgan fingerprint density at radius 1 is 1.32 bits per heavy atom. The van der Waals surface area contributed by atoms with Crippen LogP contribution >= 0.6 is 11.3 Å². The van der Waals surface area contributed by atoms with Crippen molar-refractivity contribution in [2.24, 2.45) is 0 Å². The normalized spacial score (nSPS) is 14.2. The Morgan fingerprint density at radius 2 is 2.06 bits per heavy atom. The fourth-order valence-electron chi connectivity index (χ4n) is 3.05. The second-order valence-corrected chi connectivity index (χ2v) is 8.64. The largest absolute Gasteiger partial charge is 0.370 e. The molecule has 0 aliphatic carbocycles. The van der Waals surface area contributed by atoms with Gasteiger partial charge in [-0.15, -0.1) is 17.8 Å². The number of rotatable bonds is 5. The van der Waals surface area contributed by atoms with Gasteiger partial charge in [-0.2, -0.15) is 0 Å². The van der Waals surface area contributed by atoms with E-state index in [2.05, 4.69) is 16.6 Å². The number of hydrogen-bond acceptors (Lipinski definition) is 5. The Morgan fingerprint density at radius 3 is 2.71 bits per heavy atom. The smallest absolute Gasteiger partial charge is 0.262 e. The van der Waals surface area contributed by atoms with Gasteiger partial charge in [-0.05, 0) is 44.5 Å². The van der Waals surface area contributed by atoms with Gasteiger partial charge in [0, 0.05) is 18.3 Å². The number of aryl methyl sites for hydroxylation is 1. The minimum Gasteiger partial charge on any atom is -0.370 e. The van der Waals surface area contributed by atoms with Gasteiger partial charge in [-0.25, -0.2) is 4.39 Å². The molecule has 0 saturated carbocycles. The van der Waals surface area contributed by atoms with Crippen LogP contribution in [0.5, 0.6) is 0 Å². The van der Waals surface area contributed by atoms with Crippen LogP contribution in [0.2, 0.25) is 0 Å². The number of amides is 3. The molecule has 9 heteroatoms. The molecule has 2 aromatic rings. The van der Waals surface area contributed by atoms with E-state index in [0.717, 1.165) is 11.3 Å². The van der Waals surface area contributed by atoms with Crippen molar-refractivity contribution in [1.29, 1.82) is 0 Å². The minimum absolute atomic E-state index is 0.0416. The molecule has 1 aliphatic heterocycles. The van der Waals surface area contributed by atoms with E-state index in [1.807, 2.05) is 0 Å². The molecular formula is C22H22FN3O4S. The van der Waals surface area contributed by atoms with E-state index in [9.17, 15) is 18.8 Å². The second kappa shape index (κ2) is 8.88. The van der Waals surface area contributed by atoms with E-state index in [1.54, 1.807) is 19.1 Å². The van der Waals surface area contributed by atoms with Crippen LogP contribution < -0.4 is 15.5 Å². The number of morpholine rings is 1. The van der Waals surface area contributed by atoms with Gasteiger partial charge < -0.3 is 20.3 Å². The highest BCUT2D eigenvalue weighted by Gasteiger charge is 2.31. The van der Waals surface area contributed by atoms with Crippen molar-refractivity contribution in [3.05, 3.63) is 45.4 Å². The summed E-state index contributed by atoms with van der Waals surface area (Å²) in [6, 6.07) is 5.90. The van der Waals surface area contributed by atoms with Crippen LogP contribution in [0.25, 0.3) is 0 Å². The molecule has 2 heterocycles. The summed E-state index contributed by atoms with van der Waals surface area (Å²) >= 11 is 1.14. The van der Waals surface area contributed by atoms with Crippen molar-refractivity contribution < 1.29 is 23.5 Å². The molecule has 3 rings (SSSR count). The van der Waals surface area contributed by atoms with Gasteiger partial charge in [-0.1, -0.05) is 5.92 Å². The summed E-state index contributed by atoms with van der Waals surface area (Å²) in [5.41, 5.74) is -0.316. The SMILES string of the molecule is C#Cc1ccc(C(=O)NC(C)(C)C(=O)Nc2cc(C)c(N3CCOCC3=O)cc2F)s1. The van der Waals surface area contributed by atoms with Crippen molar-refractivity contribution in [2.45, 2.75) is 26.3 Å². The highest BCUT2D eigenvalue weighted by atomic mass is 32.1. The van der Waals surface area contributed by atoms with Crippen LogP contribution in [-0.4, -0.2) is 43.0 Å². The van der Waals surface area contributed by atoms with Gasteiger partial charge in [0.25, 0.3) is 11.8 Å². The molecule has 1 fully saturated rings. The van der Waals surface area contributed by atoms with Crippen LogP contribution in [0.15, 0.2) is 24.3 Å². The Bertz CT molecular complexity index is 1090. The molecule has 7 nitrogen and oxygen atoms in total. The molecule has 2 N–H and O–H groups in total. The fourth-order valence-corrected chi connectivity index (χ4v) is 3.76. The lowest BCUT2D eigenvalue weighted by Gasteiger charge is -2.29. The van der Waals surface area contributed by atoms with E-state index >= 15 is 0 Å². The molecule has 0 spiro atoms. The zero-order valence-corrected chi connectivity index (χ0v) is 18.2. The van der Waals surface area contributed by atoms with E-state index in [4.69, 9.17) is 11.2 Å². The minimum atomic E-state index is -1.32.